The number of hydrogen-bond acceptors (Lipinski definition) is 5. The maximum Gasteiger partial charge on any atom is 0.293 e. The summed E-state index contributed by atoms with van der Waals surface area (Å²) in [5, 5.41) is 3.43. The molecule has 2 aromatic heterocycles. The SMILES string of the molecule is COc1ccc(NC(=O)c2oc3nc(C)cc(C)c3c2N)cc1. The summed E-state index contributed by atoms with van der Waals surface area (Å²) in [6, 6.07) is 8.89. The molecule has 0 atom stereocenters. The van der Waals surface area contributed by atoms with Crippen molar-refractivity contribution >= 4 is 28.4 Å². The topological polar surface area (TPSA) is 90.4 Å². The molecule has 0 radical (unpaired) electrons. The lowest BCUT2D eigenvalue weighted by Gasteiger charge is -2.05. The summed E-state index contributed by atoms with van der Waals surface area (Å²) < 4.78 is 10.6. The van der Waals surface area contributed by atoms with Gasteiger partial charge in [0.1, 0.15) is 5.75 Å². The van der Waals surface area contributed by atoms with Crippen LogP contribution in [-0.2, 0) is 0 Å². The van der Waals surface area contributed by atoms with Gasteiger partial charge in [-0.15, -0.1) is 0 Å². The predicted octanol–water partition coefficient (Wildman–Crippen LogP) is 3.29. The number of nitrogen functional groups attached to an aromatic ring is 1. The van der Waals surface area contributed by atoms with Crippen LogP contribution in [0.5, 0.6) is 5.75 Å². The van der Waals surface area contributed by atoms with E-state index in [1.165, 1.54) is 0 Å². The minimum absolute atomic E-state index is 0.0667. The Morgan fingerprint density at radius 1 is 1.26 bits per heavy atom. The van der Waals surface area contributed by atoms with E-state index in [0.29, 0.717) is 28.2 Å². The minimum atomic E-state index is -0.414. The summed E-state index contributed by atoms with van der Waals surface area (Å²) in [7, 11) is 1.58. The quantitative estimate of drug-likeness (QED) is 0.774. The van der Waals surface area contributed by atoms with Gasteiger partial charge in [0.05, 0.1) is 18.2 Å². The third-order valence-electron chi connectivity index (χ3n) is 3.58. The van der Waals surface area contributed by atoms with E-state index >= 15 is 0 Å². The van der Waals surface area contributed by atoms with Crippen LogP contribution in [0, 0.1) is 13.8 Å². The molecule has 3 aromatic rings. The molecule has 6 nitrogen and oxygen atoms in total. The number of hydrogen-bond donors (Lipinski definition) is 2. The first-order valence-corrected chi connectivity index (χ1v) is 7.11. The Bertz CT molecular complexity index is 882. The molecule has 2 heterocycles. The lowest BCUT2D eigenvalue weighted by atomic mass is 10.1. The molecule has 3 N–H and O–H groups in total. The zero-order chi connectivity index (χ0) is 16.6. The van der Waals surface area contributed by atoms with E-state index in [4.69, 9.17) is 14.9 Å². The predicted molar refractivity (Wildman–Crippen MR) is 88.8 cm³/mol. The van der Waals surface area contributed by atoms with Gasteiger partial charge in [-0.25, -0.2) is 4.98 Å². The number of rotatable bonds is 3. The largest absolute Gasteiger partial charge is 0.497 e. The molecule has 0 fully saturated rings. The second-order valence-corrected chi connectivity index (χ2v) is 5.29. The molecular formula is C17H17N3O3. The average molecular weight is 311 g/mol. The normalized spacial score (nSPS) is 10.7. The molecular weight excluding hydrogens is 294 g/mol. The molecule has 23 heavy (non-hydrogen) atoms. The van der Waals surface area contributed by atoms with Crippen molar-refractivity contribution in [3.63, 3.8) is 0 Å². The smallest absolute Gasteiger partial charge is 0.293 e. The number of nitrogens with two attached hydrogens (primary N) is 1. The second kappa shape index (κ2) is 5.64. The Morgan fingerprint density at radius 2 is 1.96 bits per heavy atom. The maximum atomic E-state index is 12.4. The van der Waals surface area contributed by atoms with Crippen molar-refractivity contribution in [2.24, 2.45) is 0 Å². The van der Waals surface area contributed by atoms with Gasteiger partial charge in [-0.1, -0.05) is 0 Å². The van der Waals surface area contributed by atoms with Gasteiger partial charge in [0.2, 0.25) is 11.5 Å². The van der Waals surface area contributed by atoms with Crippen LogP contribution < -0.4 is 15.8 Å². The van der Waals surface area contributed by atoms with Gasteiger partial charge in [-0.2, -0.15) is 0 Å². The van der Waals surface area contributed by atoms with Gasteiger partial charge in [0.15, 0.2) is 0 Å². The molecule has 118 valence electrons. The number of methoxy groups -OCH3 is 1. The fourth-order valence-electron chi connectivity index (χ4n) is 2.50. The summed E-state index contributed by atoms with van der Waals surface area (Å²) in [6.45, 7) is 3.77. The van der Waals surface area contributed by atoms with E-state index in [2.05, 4.69) is 10.3 Å². The highest BCUT2D eigenvalue weighted by molar-refractivity contribution is 6.11. The van der Waals surface area contributed by atoms with Gasteiger partial charge in [-0.3, -0.25) is 4.79 Å². The summed E-state index contributed by atoms with van der Waals surface area (Å²) in [4.78, 5) is 16.7. The second-order valence-electron chi connectivity index (χ2n) is 5.29. The number of nitrogens with one attached hydrogen (secondary N) is 1. The number of anilines is 2. The highest BCUT2D eigenvalue weighted by atomic mass is 16.5. The Hall–Kier alpha value is -3.02. The first kappa shape index (κ1) is 14.9. The molecule has 1 amide bonds. The first-order valence-electron chi connectivity index (χ1n) is 7.11. The number of ether oxygens (including phenoxy) is 1. The number of furan rings is 1. The molecule has 0 aliphatic heterocycles. The summed E-state index contributed by atoms with van der Waals surface area (Å²) >= 11 is 0. The zero-order valence-electron chi connectivity index (χ0n) is 13.1. The van der Waals surface area contributed by atoms with Crippen molar-refractivity contribution in [3.05, 3.63) is 47.3 Å². The number of pyridine rings is 1. The number of aromatic nitrogens is 1. The number of nitrogens with zero attached hydrogens (tertiary/aromatic N) is 1. The van der Waals surface area contributed by atoms with Crippen molar-refractivity contribution in [3.8, 4) is 5.75 Å². The van der Waals surface area contributed by atoms with Gasteiger partial charge in [0.25, 0.3) is 5.91 Å². The highest BCUT2D eigenvalue weighted by Gasteiger charge is 2.21. The van der Waals surface area contributed by atoms with E-state index in [9.17, 15) is 4.79 Å². The highest BCUT2D eigenvalue weighted by Crippen LogP contribution is 2.30. The van der Waals surface area contributed by atoms with Crippen molar-refractivity contribution < 1.29 is 13.9 Å². The van der Waals surface area contributed by atoms with Crippen LogP contribution in [0.2, 0.25) is 0 Å². The van der Waals surface area contributed by atoms with Crippen LogP contribution in [0.15, 0.2) is 34.7 Å². The van der Waals surface area contributed by atoms with Crippen molar-refractivity contribution in [2.45, 2.75) is 13.8 Å². The van der Waals surface area contributed by atoms with Crippen molar-refractivity contribution in [1.82, 2.24) is 4.98 Å². The lowest BCUT2D eigenvalue weighted by Crippen LogP contribution is -2.12. The Balaban J connectivity index is 1.94. The molecule has 0 aliphatic carbocycles. The van der Waals surface area contributed by atoms with Crippen molar-refractivity contribution in [2.75, 3.05) is 18.2 Å². The van der Waals surface area contributed by atoms with Crippen LogP contribution in [0.4, 0.5) is 11.4 Å². The van der Waals surface area contributed by atoms with Gasteiger partial charge in [0, 0.05) is 11.4 Å². The molecule has 0 spiro atoms. The summed E-state index contributed by atoms with van der Waals surface area (Å²) in [6.07, 6.45) is 0. The van der Waals surface area contributed by atoms with Gasteiger partial charge < -0.3 is 20.2 Å². The molecule has 6 heteroatoms. The van der Waals surface area contributed by atoms with E-state index in [0.717, 1.165) is 11.3 Å². The number of benzene rings is 1. The third-order valence-corrected chi connectivity index (χ3v) is 3.58. The van der Waals surface area contributed by atoms with Crippen LogP contribution >= 0.6 is 0 Å². The van der Waals surface area contributed by atoms with Crippen LogP contribution in [0.3, 0.4) is 0 Å². The Labute approximate surface area is 133 Å². The molecule has 1 aromatic carbocycles. The molecule has 0 unspecified atom stereocenters. The first-order chi connectivity index (χ1) is 11.0. The van der Waals surface area contributed by atoms with E-state index in [1.54, 1.807) is 31.4 Å². The third kappa shape index (κ3) is 2.70. The number of carbonyl (C=O) groups is 1. The molecule has 0 saturated heterocycles. The van der Waals surface area contributed by atoms with Crippen LogP contribution in [0.1, 0.15) is 21.8 Å². The molecule has 0 bridgehead atoms. The zero-order valence-corrected chi connectivity index (χ0v) is 13.1. The minimum Gasteiger partial charge on any atom is -0.497 e. The fourth-order valence-corrected chi connectivity index (χ4v) is 2.50. The van der Waals surface area contributed by atoms with Crippen molar-refractivity contribution in [1.29, 1.82) is 0 Å². The number of carbonyl (C=O) groups excluding carboxylic acids is 1. The van der Waals surface area contributed by atoms with Gasteiger partial charge in [-0.05, 0) is 49.7 Å². The van der Waals surface area contributed by atoms with E-state index in [1.807, 2.05) is 19.9 Å². The molecule has 0 aliphatic rings. The Kier molecular flexibility index (Phi) is 3.65. The fraction of sp³-hybridized carbons (Fsp3) is 0.176. The lowest BCUT2D eigenvalue weighted by molar-refractivity contribution is 0.0999. The molecule has 0 saturated carbocycles. The van der Waals surface area contributed by atoms with Gasteiger partial charge >= 0.3 is 0 Å². The number of amides is 1. The molecule has 3 rings (SSSR count). The standard InChI is InChI=1S/C17H17N3O3/c1-9-8-10(2)19-17-13(9)14(18)15(23-17)16(21)20-11-4-6-12(22-3)7-5-11/h4-8H,18H2,1-3H3,(H,20,21). The number of aryl methyl sites for hydroxylation is 2. The average Bonchev–Trinajstić information content (AvgIpc) is 2.85. The Morgan fingerprint density at radius 3 is 2.61 bits per heavy atom. The summed E-state index contributed by atoms with van der Waals surface area (Å²) in [5.74, 6) is 0.362. The van der Waals surface area contributed by atoms with Crippen LogP contribution in [-0.4, -0.2) is 18.0 Å². The monoisotopic (exact) mass is 311 g/mol. The number of fused-ring (bicyclic) bond motifs is 1. The summed E-state index contributed by atoms with van der Waals surface area (Å²) in [5.41, 5.74) is 9.11. The maximum absolute atomic E-state index is 12.4. The van der Waals surface area contributed by atoms with E-state index in [-0.39, 0.29) is 5.76 Å². The van der Waals surface area contributed by atoms with Crippen LogP contribution in [0.25, 0.3) is 11.1 Å². The van der Waals surface area contributed by atoms with E-state index < -0.39 is 5.91 Å².